The molecule has 1 atom stereocenters. The Morgan fingerprint density at radius 1 is 0.897 bits per heavy atom. The lowest BCUT2D eigenvalue weighted by Gasteiger charge is -2.20. The average Bonchev–Trinajstić information content (AvgIpc) is 2.83. The molecule has 0 spiro atoms. The zero-order valence-electron chi connectivity index (χ0n) is 22.2. The predicted octanol–water partition coefficient (Wildman–Crippen LogP) is 3.12. The van der Waals surface area contributed by atoms with Gasteiger partial charge in [0.25, 0.3) is 10.1 Å². The summed E-state index contributed by atoms with van der Waals surface area (Å²) in [7, 11) is -10.2. The SMILES string of the molecule is CCC(C)(C)C(=O)OCCOC(=O)CS(=O)(=O)O.CCC(C)c1ccc(COC(=O)C(F)(F)S(=O)(=O)O)cc1. The molecule has 0 aliphatic carbocycles. The molecular weight excluding hydrogens is 570 g/mol. The molecular formula is C23H34F2O12S2. The minimum atomic E-state index is -5.84. The van der Waals surface area contributed by atoms with Crippen molar-refractivity contribution in [3.05, 3.63) is 35.4 Å². The van der Waals surface area contributed by atoms with Gasteiger partial charge in [0.15, 0.2) is 5.75 Å². The van der Waals surface area contributed by atoms with E-state index in [1.165, 1.54) is 0 Å². The molecule has 0 amide bonds. The Hall–Kier alpha value is -2.69. The third-order valence-electron chi connectivity index (χ3n) is 5.41. The molecule has 1 unspecified atom stereocenters. The van der Waals surface area contributed by atoms with Gasteiger partial charge in [-0.15, -0.1) is 0 Å². The minimum absolute atomic E-state index is 0.153. The number of hydrogen-bond acceptors (Lipinski definition) is 10. The lowest BCUT2D eigenvalue weighted by atomic mass is 9.91. The van der Waals surface area contributed by atoms with E-state index >= 15 is 0 Å². The molecule has 12 nitrogen and oxygen atoms in total. The number of ether oxygens (including phenoxy) is 3. The highest BCUT2D eigenvalue weighted by Gasteiger charge is 2.54. The van der Waals surface area contributed by atoms with Crippen LogP contribution in [0, 0.1) is 5.41 Å². The Bertz CT molecular complexity index is 1180. The van der Waals surface area contributed by atoms with E-state index < -0.39 is 61.2 Å². The van der Waals surface area contributed by atoms with Gasteiger partial charge < -0.3 is 14.2 Å². The molecule has 39 heavy (non-hydrogen) atoms. The van der Waals surface area contributed by atoms with Crippen LogP contribution in [0.5, 0.6) is 0 Å². The quantitative estimate of drug-likeness (QED) is 0.145. The zero-order valence-corrected chi connectivity index (χ0v) is 23.8. The first kappa shape index (κ1) is 36.3. The van der Waals surface area contributed by atoms with Gasteiger partial charge in [-0.05, 0) is 43.7 Å². The number of esters is 3. The van der Waals surface area contributed by atoms with Gasteiger partial charge in [-0.25, -0.2) is 4.79 Å². The number of rotatable bonds is 13. The van der Waals surface area contributed by atoms with Crippen molar-refractivity contribution in [3.8, 4) is 0 Å². The summed E-state index contributed by atoms with van der Waals surface area (Å²) in [5, 5.41) is -4.97. The first-order valence-electron chi connectivity index (χ1n) is 11.6. The molecule has 1 aromatic rings. The van der Waals surface area contributed by atoms with Crippen molar-refractivity contribution in [3.63, 3.8) is 0 Å². The van der Waals surface area contributed by atoms with Gasteiger partial charge in [0.1, 0.15) is 19.8 Å². The van der Waals surface area contributed by atoms with Crippen LogP contribution in [-0.4, -0.2) is 68.1 Å². The maximum Gasteiger partial charge on any atom is 0.465 e. The first-order valence-corrected chi connectivity index (χ1v) is 14.6. The molecule has 0 saturated carbocycles. The van der Waals surface area contributed by atoms with E-state index in [1.807, 2.05) is 20.8 Å². The summed E-state index contributed by atoms with van der Waals surface area (Å²) in [6.45, 7) is 8.43. The van der Waals surface area contributed by atoms with Crippen molar-refractivity contribution in [2.24, 2.45) is 5.41 Å². The number of hydrogen-bond donors (Lipinski definition) is 2. The van der Waals surface area contributed by atoms with Gasteiger partial charge in [0.05, 0.1) is 5.41 Å². The fourth-order valence-corrected chi connectivity index (χ4v) is 2.99. The van der Waals surface area contributed by atoms with Gasteiger partial charge in [0, 0.05) is 0 Å². The molecule has 0 heterocycles. The Labute approximate surface area is 226 Å². The van der Waals surface area contributed by atoms with E-state index in [2.05, 4.69) is 9.47 Å². The van der Waals surface area contributed by atoms with Crippen LogP contribution in [0.4, 0.5) is 8.78 Å². The molecule has 16 heteroatoms. The average molecular weight is 605 g/mol. The number of carbonyl (C=O) groups excluding carboxylic acids is 3. The molecule has 0 aromatic heterocycles. The standard InChI is InChI=1S/C13H16F2O5S.C10H18O7S/c1-3-9(2)11-6-4-10(5-7-11)8-20-12(16)13(14,15)21(17,18)19;1-4-10(2,3)9(12)17-6-5-16-8(11)7-18(13,14)15/h4-7,9H,3,8H2,1-2H3,(H,17,18,19);4-7H2,1-3H3,(H,13,14,15). The second kappa shape index (κ2) is 15.2. The number of benzene rings is 1. The van der Waals surface area contributed by atoms with Crippen LogP contribution >= 0.6 is 0 Å². The van der Waals surface area contributed by atoms with E-state index in [0.29, 0.717) is 17.9 Å². The summed E-state index contributed by atoms with van der Waals surface area (Å²) < 4.78 is 97.4. The van der Waals surface area contributed by atoms with Crippen molar-refractivity contribution >= 4 is 38.1 Å². The lowest BCUT2D eigenvalue weighted by molar-refractivity contribution is -0.162. The molecule has 224 valence electrons. The van der Waals surface area contributed by atoms with Crippen molar-refractivity contribution < 1.29 is 63.3 Å². The van der Waals surface area contributed by atoms with E-state index in [9.17, 15) is 40.0 Å². The van der Waals surface area contributed by atoms with Gasteiger partial charge in [-0.3, -0.25) is 18.7 Å². The number of alkyl halides is 2. The second-order valence-electron chi connectivity index (χ2n) is 8.94. The second-order valence-corrected chi connectivity index (χ2v) is 11.9. The normalized spacial score (nSPS) is 12.9. The molecule has 0 bridgehead atoms. The Balaban J connectivity index is 0.000000751. The molecule has 1 aromatic carbocycles. The van der Waals surface area contributed by atoms with Gasteiger partial charge in [0.2, 0.25) is 0 Å². The van der Waals surface area contributed by atoms with Crippen molar-refractivity contribution in [1.82, 2.24) is 0 Å². The van der Waals surface area contributed by atoms with E-state index in [-0.39, 0.29) is 13.2 Å². The van der Waals surface area contributed by atoms with E-state index in [0.717, 1.165) is 12.0 Å². The fraction of sp³-hybridized carbons (Fsp3) is 0.609. The minimum Gasteiger partial charge on any atom is -0.462 e. The van der Waals surface area contributed by atoms with Crippen LogP contribution in [0.3, 0.4) is 0 Å². The monoisotopic (exact) mass is 604 g/mol. The third-order valence-corrected chi connectivity index (χ3v) is 6.82. The fourth-order valence-electron chi connectivity index (χ4n) is 2.34. The zero-order chi connectivity index (χ0) is 30.7. The Kier molecular flexibility index (Phi) is 14.1. The molecule has 0 fully saturated rings. The smallest absolute Gasteiger partial charge is 0.462 e. The highest BCUT2D eigenvalue weighted by Crippen LogP contribution is 2.24. The molecule has 0 aliphatic rings. The largest absolute Gasteiger partial charge is 0.465 e. The van der Waals surface area contributed by atoms with Crippen LogP contribution < -0.4 is 0 Å². The number of carbonyl (C=O) groups is 3. The molecule has 1 rings (SSSR count). The number of halogens is 2. The van der Waals surface area contributed by atoms with Crippen LogP contribution in [0.15, 0.2) is 24.3 Å². The summed E-state index contributed by atoms with van der Waals surface area (Å²) in [4.78, 5) is 33.3. The summed E-state index contributed by atoms with van der Waals surface area (Å²) >= 11 is 0. The van der Waals surface area contributed by atoms with Crippen molar-refractivity contribution in [2.75, 3.05) is 19.0 Å². The topological polar surface area (TPSA) is 188 Å². The van der Waals surface area contributed by atoms with Gasteiger partial charge >= 0.3 is 33.3 Å². The van der Waals surface area contributed by atoms with Gasteiger partial charge in [-0.2, -0.15) is 25.6 Å². The lowest BCUT2D eigenvalue weighted by Crippen LogP contribution is -2.38. The van der Waals surface area contributed by atoms with Gasteiger partial charge in [-0.1, -0.05) is 45.0 Å². The maximum atomic E-state index is 12.9. The maximum absolute atomic E-state index is 12.9. The molecule has 0 radical (unpaired) electrons. The highest BCUT2D eigenvalue weighted by molar-refractivity contribution is 7.87. The van der Waals surface area contributed by atoms with E-state index in [1.54, 1.807) is 38.1 Å². The van der Waals surface area contributed by atoms with Crippen LogP contribution in [0.1, 0.15) is 64.5 Å². The molecule has 0 saturated heterocycles. The summed E-state index contributed by atoms with van der Waals surface area (Å²) in [6.07, 6.45) is 1.54. The van der Waals surface area contributed by atoms with Crippen molar-refractivity contribution in [2.45, 2.75) is 65.2 Å². The van der Waals surface area contributed by atoms with Crippen LogP contribution in [0.2, 0.25) is 0 Å². The molecule has 2 N–H and O–H groups in total. The Morgan fingerprint density at radius 2 is 1.41 bits per heavy atom. The molecule has 0 aliphatic heterocycles. The summed E-state index contributed by atoms with van der Waals surface area (Å²) in [6, 6.07) is 6.75. The first-order chi connectivity index (χ1) is 17.7. The summed E-state index contributed by atoms with van der Waals surface area (Å²) in [5.41, 5.74) is 0.871. The van der Waals surface area contributed by atoms with Crippen molar-refractivity contribution in [1.29, 1.82) is 0 Å². The predicted molar refractivity (Wildman–Crippen MR) is 134 cm³/mol. The Morgan fingerprint density at radius 3 is 1.85 bits per heavy atom. The summed E-state index contributed by atoms with van der Waals surface area (Å²) in [5.74, 6) is -4.60. The highest BCUT2D eigenvalue weighted by atomic mass is 32.2. The van der Waals surface area contributed by atoms with Crippen LogP contribution in [-0.2, 0) is 55.4 Å². The third kappa shape index (κ3) is 13.3. The van der Waals surface area contributed by atoms with E-state index in [4.69, 9.17) is 13.8 Å². The van der Waals surface area contributed by atoms with Crippen LogP contribution in [0.25, 0.3) is 0 Å².